The molecule has 0 aliphatic heterocycles. The first-order chi connectivity index (χ1) is 9.37. The van der Waals surface area contributed by atoms with Gasteiger partial charge < -0.3 is 5.32 Å². The Hall–Kier alpha value is -0.820. The van der Waals surface area contributed by atoms with Gasteiger partial charge in [-0.1, -0.05) is 36.6 Å². The van der Waals surface area contributed by atoms with Crippen molar-refractivity contribution in [3.05, 3.63) is 34.9 Å². The SMILES string of the molecule is Cc1ccc(C)c(C2CCCCC2CNC(C)(C)C)c1. The Labute approximate surface area is 125 Å². The zero-order chi connectivity index (χ0) is 14.8. The number of hydrogen-bond acceptors (Lipinski definition) is 1. The lowest BCUT2D eigenvalue weighted by molar-refractivity contribution is 0.269. The first-order valence-corrected chi connectivity index (χ1v) is 8.19. The minimum atomic E-state index is 0.226. The Morgan fingerprint density at radius 3 is 2.50 bits per heavy atom. The topological polar surface area (TPSA) is 12.0 Å². The summed E-state index contributed by atoms with van der Waals surface area (Å²) >= 11 is 0. The summed E-state index contributed by atoms with van der Waals surface area (Å²) < 4.78 is 0. The van der Waals surface area contributed by atoms with Gasteiger partial charge in [0.1, 0.15) is 0 Å². The molecule has 1 heteroatoms. The summed E-state index contributed by atoms with van der Waals surface area (Å²) in [5.41, 5.74) is 4.70. The fraction of sp³-hybridized carbons (Fsp3) is 0.684. The predicted octanol–water partition coefficient (Wildman–Crippen LogP) is 4.97. The van der Waals surface area contributed by atoms with Gasteiger partial charge in [0, 0.05) is 5.54 Å². The van der Waals surface area contributed by atoms with Crippen LogP contribution in [0.5, 0.6) is 0 Å². The van der Waals surface area contributed by atoms with Gasteiger partial charge in [0.05, 0.1) is 0 Å². The van der Waals surface area contributed by atoms with Crippen molar-refractivity contribution < 1.29 is 0 Å². The summed E-state index contributed by atoms with van der Waals surface area (Å²) in [6, 6.07) is 6.97. The highest BCUT2D eigenvalue weighted by molar-refractivity contribution is 5.34. The van der Waals surface area contributed by atoms with Crippen molar-refractivity contribution in [1.82, 2.24) is 5.32 Å². The van der Waals surface area contributed by atoms with E-state index in [0.717, 1.165) is 18.4 Å². The van der Waals surface area contributed by atoms with E-state index in [9.17, 15) is 0 Å². The molecule has 20 heavy (non-hydrogen) atoms. The molecule has 112 valence electrons. The highest BCUT2D eigenvalue weighted by Gasteiger charge is 2.28. The molecule has 1 aromatic carbocycles. The molecule has 1 aromatic rings. The summed E-state index contributed by atoms with van der Waals surface area (Å²) in [4.78, 5) is 0. The normalized spacial score (nSPS) is 23.9. The molecular formula is C19H31N. The maximum Gasteiger partial charge on any atom is 0.00966 e. The van der Waals surface area contributed by atoms with Crippen LogP contribution in [0.4, 0.5) is 0 Å². The molecule has 1 aliphatic carbocycles. The predicted molar refractivity (Wildman–Crippen MR) is 88.4 cm³/mol. The van der Waals surface area contributed by atoms with E-state index in [1.807, 2.05) is 0 Å². The van der Waals surface area contributed by atoms with Crippen LogP contribution < -0.4 is 5.32 Å². The second-order valence-corrected chi connectivity index (χ2v) is 7.64. The second-order valence-electron chi connectivity index (χ2n) is 7.64. The standard InChI is InChI=1S/C19H31N/c1-14-10-11-15(2)18(12-14)17-9-7-6-8-16(17)13-20-19(3,4)5/h10-12,16-17,20H,6-9,13H2,1-5H3. The molecule has 1 fully saturated rings. The Morgan fingerprint density at radius 1 is 1.10 bits per heavy atom. The van der Waals surface area contributed by atoms with Crippen molar-refractivity contribution >= 4 is 0 Å². The number of rotatable bonds is 3. The molecule has 0 spiro atoms. The fourth-order valence-corrected chi connectivity index (χ4v) is 3.46. The third kappa shape index (κ3) is 4.09. The lowest BCUT2D eigenvalue weighted by Gasteiger charge is -2.35. The summed E-state index contributed by atoms with van der Waals surface area (Å²) in [5.74, 6) is 1.54. The van der Waals surface area contributed by atoms with Crippen LogP contribution in [-0.4, -0.2) is 12.1 Å². The van der Waals surface area contributed by atoms with E-state index >= 15 is 0 Å². The molecule has 2 unspecified atom stereocenters. The van der Waals surface area contributed by atoms with Crippen LogP contribution in [0.15, 0.2) is 18.2 Å². The van der Waals surface area contributed by atoms with Crippen LogP contribution in [0, 0.1) is 19.8 Å². The van der Waals surface area contributed by atoms with Gasteiger partial charge in [0.2, 0.25) is 0 Å². The van der Waals surface area contributed by atoms with Crippen LogP contribution in [0.25, 0.3) is 0 Å². The lowest BCUT2D eigenvalue weighted by Crippen LogP contribution is -2.41. The number of hydrogen-bond donors (Lipinski definition) is 1. The minimum Gasteiger partial charge on any atom is -0.312 e. The molecule has 0 radical (unpaired) electrons. The van der Waals surface area contributed by atoms with E-state index in [0.29, 0.717) is 0 Å². The van der Waals surface area contributed by atoms with Crippen molar-refractivity contribution in [3.63, 3.8) is 0 Å². The van der Waals surface area contributed by atoms with Crippen LogP contribution in [-0.2, 0) is 0 Å². The first-order valence-electron chi connectivity index (χ1n) is 8.19. The molecule has 0 aromatic heterocycles. The molecular weight excluding hydrogens is 242 g/mol. The van der Waals surface area contributed by atoms with Gasteiger partial charge in [-0.25, -0.2) is 0 Å². The average molecular weight is 273 g/mol. The van der Waals surface area contributed by atoms with Crippen LogP contribution in [0.2, 0.25) is 0 Å². The minimum absolute atomic E-state index is 0.226. The van der Waals surface area contributed by atoms with Crippen molar-refractivity contribution in [2.24, 2.45) is 5.92 Å². The van der Waals surface area contributed by atoms with E-state index in [1.54, 1.807) is 5.56 Å². The van der Waals surface area contributed by atoms with Gasteiger partial charge in [-0.05, 0) is 77.0 Å². The zero-order valence-corrected chi connectivity index (χ0v) is 13.9. The summed E-state index contributed by atoms with van der Waals surface area (Å²) in [5, 5.41) is 3.73. The Morgan fingerprint density at radius 2 is 1.80 bits per heavy atom. The molecule has 1 nitrogen and oxygen atoms in total. The van der Waals surface area contributed by atoms with Crippen LogP contribution in [0.3, 0.4) is 0 Å². The highest BCUT2D eigenvalue weighted by atomic mass is 14.9. The highest BCUT2D eigenvalue weighted by Crippen LogP contribution is 2.39. The van der Waals surface area contributed by atoms with E-state index in [1.165, 1.54) is 36.8 Å². The van der Waals surface area contributed by atoms with Crippen molar-refractivity contribution in [3.8, 4) is 0 Å². The molecule has 1 N–H and O–H groups in total. The molecule has 0 heterocycles. The van der Waals surface area contributed by atoms with Crippen molar-refractivity contribution in [2.75, 3.05) is 6.54 Å². The second kappa shape index (κ2) is 6.30. The van der Waals surface area contributed by atoms with Crippen LogP contribution in [0.1, 0.15) is 69.1 Å². The van der Waals surface area contributed by atoms with Gasteiger partial charge in [-0.3, -0.25) is 0 Å². The number of nitrogens with one attached hydrogen (secondary N) is 1. The molecule has 0 amide bonds. The third-order valence-electron chi connectivity index (χ3n) is 4.64. The number of benzene rings is 1. The van der Waals surface area contributed by atoms with Gasteiger partial charge in [-0.2, -0.15) is 0 Å². The van der Waals surface area contributed by atoms with E-state index in [-0.39, 0.29) is 5.54 Å². The van der Waals surface area contributed by atoms with Crippen molar-refractivity contribution in [2.45, 2.75) is 71.8 Å². The number of aryl methyl sites for hydroxylation is 2. The fourth-order valence-electron chi connectivity index (χ4n) is 3.46. The molecule has 1 saturated carbocycles. The summed E-state index contributed by atoms with van der Waals surface area (Å²) in [6.07, 6.45) is 5.53. The molecule has 1 aliphatic rings. The summed E-state index contributed by atoms with van der Waals surface area (Å²) in [7, 11) is 0. The largest absolute Gasteiger partial charge is 0.312 e. The summed E-state index contributed by atoms with van der Waals surface area (Å²) in [6.45, 7) is 12.4. The zero-order valence-electron chi connectivity index (χ0n) is 13.9. The average Bonchev–Trinajstić information content (AvgIpc) is 2.39. The molecule has 2 rings (SSSR count). The van der Waals surface area contributed by atoms with E-state index in [2.05, 4.69) is 58.1 Å². The quantitative estimate of drug-likeness (QED) is 0.820. The molecule has 0 bridgehead atoms. The Kier molecular flexibility index (Phi) is 4.90. The lowest BCUT2D eigenvalue weighted by atomic mass is 9.74. The smallest absolute Gasteiger partial charge is 0.00966 e. The molecule has 2 atom stereocenters. The Balaban J connectivity index is 2.16. The van der Waals surface area contributed by atoms with E-state index in [4.69, 9.17) is 0 Å². The van der Waals surface area contributed by atoms with Crippen molar-refractivity contribution in [1.29, 1.82) is 0 Å². The Bertz CT molecular complexity index is 442. The van der Waals surface area contributed by atoms with Gasteiger partial charge in [0.15, 0.2) is 0 Å². The first kappa shape index (κ1) is 15.6. The third-order valence-corrected chi connectivity index (χ3v) is 4.64. The monoisotopic (exact) mass is 273 g/mol. The molecule has 0 saturated heterocycles. The maximum absolute atomic E-state index is 3.73. The van der Waals surface area contributed by atoms with Gasteiger partial charge in [-0.15, -0.1) is 0 Å². The van der Waals surface area contributed by atoms with E-state index < -0.39 is 0 Å². The maximum atomic E-state index is 3.73. The van der Waals surface area contributed by atoms with Gasteiger partial charge in [0.25, 0.3) is 0 Å². The van der Waals surface area contributed by atoms with Gasteiger partial charge >= 0.3 is 0 Å². The van der Waals surface area contributed by atoms with Crippen LogP contribution >= 0.6 is 0 Å².